The van der Waals surface area contributed by atoms with Crippen LogP contribution in [0.25, 0.3) is 10.8 Å². The van der Waals surface area contributed by atoms with Crippen LogP contribution < -0.4 is 4.90 Å². The maximum atomic E-state index is 13.4. The van der Waals surface area contributed by atoms with Gasteiger partial charge in [0.2, 0.25) is 10.0 Å². The molecule has 0 bridgehead atoms. The van der Waals surface area contributed by atoms with Crippen LogP contribution in [0, 0.1) is 5.92 Å². The lowest BCUT2D eigenvalue weighted by molar-refractivity contribution is 0.367. The average molecular weight is 344 g/mol. The SMILES string of the molecule is CN(C)c1cccc2c(S(=O)(=O)N3CC[C@@H]4CCC[C@H]43)cccc12. The standard InChI is InChI=1S/C19H24N2O2S/c1-20(2)18-10-4-8-16-15(18)7-5-11-19(16)24(22,23)21-13-12-14-6-3-9-17(14)21/h4-5,7-8,10-11,14,17H,3,6,9,12-13H2,1-2H3/t14-,17+/m0/s1. The van der Waals surface area contributed by atoms with Crippen molar-refractivity contribution in [1.82, 2.24) is 4.31 Å². The van der Waals surface area contributed by atoms with E-state index in [0.717, 1.165) is 35.7 Å². The van der Waals surface area contributed by atoms with Gasteiger partial charge in [-0.05, 0) is 37.3 Å². The van der Waals surface area contributed by atoms with Gasteiger partial charge in [0.1, 0.15) is 0 Å². The van der Waals surface area contributed by atoms with Crippen LogP contribution >= 0.6 is 0 Å². The topological polar surface area (TPSA) is 40.6 Å². The Balaban J connectivity index is 1.85. The molecule has 0 spiro atoms. The van der Waals surface area contributed by atoms with Crippen molar-refractivity contribution in [3.05, 3.63) is 36.4 Å². The zero-order valence-corrected chi connectivity index (χ0v) is 15.1. The Morgan fingerprint density at radius 2 is 1.75 bits per heavy atom. The van der Waals surface area contributed by atoms with Crippen LogP contribution in [0.5, 0.6) is 0 Å². The number of benzene rings is 2. The molecule has 4 rings (SSSR count). The lowest BCUT2D eigenvalue weighted by atomic mass is 10.1. The summed E-state index contributed by atoms with van der Waals surface area (Å²) in [5.41, 5.74) is 1.05. The summed E-state index contributed by atoms with van der Waals surface area (Å²) in [4.78, 5) is 2.48. The van der Waals surface area contributed by atoms with E-state index in [2.05, 4.69) is 0 Å². The summed E-state index contributed by atoms with van der Waals surface area (Å²) in [6.07, 6.45) is 4.36. The fourth-order valence-electron chi connectivity index (χ4n) is 4.50. The Bertz CT molecular complexity index is 876. The number of anilines is 1. The van der Waals surface area contributed by atoms with Crippen molar-refractivity contribution in [2.45, 2.75) is 36.6 Å². The van der Waals surface area contributed by atoms with Crippen molar-refractivity contribution in [2.24, 2.45) is 5.92 Å². The molecular formula is C19H24N2O2S. The lowest BCUT2D eigenvalue weighted by Crippen LogP contribution is -2.36. The Kier molecular flexibility index (Phi) is 3.81. The van der Waals surface area contributed by atoms with Crippen LogP contribution in [0.1, 0.15) is 25.7 Å². The first-order valence-corrected chi connectivity index (χ1v) is 10.1. The Morgan fingerprint density at radius 1 is 1.00 bits per heavy atom. The van der Waals surface area contributed by atoms with E-state index in [4.69, 9.17) is 0 Å². The molecule has 0 amide bonds. The number of sulfonamides is 1. The van der Waals surface area contributed by atoms with Crippen LogP contribution in [-0.4, -0.2) is 39.4 Å². The van der Waals surface area contributed by atoms with Crippen molar-refractivity contribution < 1.29 is 8.42 Å². The van der Waals surface area contributed by atoms with Crippen LogP contribution in [0.3, 0.4) is 0 Å². The summed E-state index contributed by atoms with van der Waals surface area (Å²) in [6.45, 7) is 0.668. The lowest BCUT2D eigenvalue weighted by Gasteiger charge is -2.24. The number of hydrogen-bond donors (Lipinski definition) is 0. The summed E-state index contributed by atoms with van der Waals surface area (Å²) in [6, 6.07) is 11.7. The van der Waals surface area contributed by atoms with E-state index < -0.39 is 10.0 Å². The molecular weight excluding hydrogens is 320 g/mol. The van der Waals surface area contributed by atoms with Gasteiger partial charge in [0.25, 0.3) is 0 Å². The van der Waals surface area contributed by atoms with Crippen molar-refractivity contribution in [3.8, 4) is 0 Å². The van der Waals surface area contributed by atoms with Gasteiger partial charge in [0.15, 0.2) is 0 Å². The molecule has 24 heavy (non-hydrogen) atoms. The minimum Gasteiger partial charge on any atom is -0.377 e. The molecule has 5 heteroatoms. The van der Waals surface area contributed by atoms with Gasteiger partial charge in [0.05, 0.1) is 4.90 Å². The molecule has 0 unspecified atom stereocenters. The third kappa shape index (κ3) is 2.33. The van der Waals surface area contributed by atoms with Gasteiger partial charge < -0.3 is 4.90 Å². The predicted molar refractivity (Wildman–Crippen MR) is 97.9 cm³/mol. The molecule has 0 N–H and O–H groups in total. The summed E-state index contributed by atoms with van der Waals surface area (Å²) >= 11 is 0. The number of hydrogen-bond acceptors (Lipinski definition) is 3. The quantitative estimate of drug-likeness (QED) is 0.856. The largest absolute Gasteiger partial charge is 0.377 e. The summed E-state index contributed by atoms with van der Waals surface area (Å²) in [7, 11) is 0.524. The van der Waals surface area contributed by atoms with Crippen molar-refractivity contribution in [1.29, 1.82) is 0 Å². The highest BCUT2D eigenvalue weighted by Gasteiger charge is 2.44. The van der Waals surface area contributed by atoms with E-state index in [9.17, 15) is 8.42 Å². The zero-order valence-electron chi connectivity index (χ0n) is 14.3. The number of fused-ring (bicyclic) bond motifs is 2. The second-order valence-corrected chi connectivity index (χ2v) is 9.04. The van der Waals surface area contributed by atoms with E-state index in [0.29, 0.717) is 17.4 Å². The van der Waals surface area contributed by atoms with Gasteiger partial charge in [-0.1, -0.05) is 30.7 Å². The van der Waals surface area contributed by atoms with E-state index in [1.54, 1.807) is 10.4 Å². The molecule has 2 aromatic carbocycles. The average Bonchev–Trinajstić information content (AvgIpc) is 3.16. The first kappa shape index (κ1) is 15.9. The molecule has 4 nitrogen and oxygen atoms in total. The second-order valence-electron chi connectivity index (χ2n) is 7.19. The first-order valence-electron chi connectivity index (χ1n) is 8.71. The maximum absolute atomic E-state index is 13.4. The molecule has 2 aliphatic rings. The van der Waals surface area contributed by atoms with Crippen LogP contribution in [0.15, 0.2) is 41.3 Å². The van der Waals surface area contributed by atoms with Crippen molar-refractivity contribution >= 4 is 26.5 Å². The molecule has 1 heterocycles. The predicted octanol–water partition coefficient (Wildman–Crippen LogP) is 3.47. The molecule has 2 aromatic rings. The monoisotopic (exact) mass is 344 g/mol. The van der Waals surface area contributed by atoms with Crippen molar-refractivity contribution in [2.75, 3.05) is 25.5 Å². The smallest absolute Gasteiger partial charge is 0.243 e. The molecule has 1 aliphatic carbocycles. The van der Waals surface area contributed by atoms with E-state index >= 15 is 0 Å². The highest BCUT2D eigenvalue weighted by Crippen LogP contribution is 2.41. The minimum absolute atomic E-state index is 0.210. The normalized spacial score (nSPS) is 24.4. The Hall–Kier alpha value is -1.59. The number of rotatable bonds is 3. The van der Waals surface area contributed by atoms with Crippen LogP contribution in [0.4, 0.5) is 5.69 Å². The van der Waals surface area contributed by atoms with Crippen LogP contribution in [0.2, 0.25) is 0 Å². The third-order valence-electron chi connectivity index (χ3n) is 5.64. The first-order chi connectivity index (χ1) is 11.5. The van der Waals surface area contributed by atoms with Crippen molar-refractivity contribution in [3.63, 3.8) is 0 Å². The Labute approximate surface area is 144 Å². The molecule has 1 saturated heterocycles. The molecule has 2 fully saturated rings. The Morgan fingerprint density at radius 3 is 2.54 bits per heavy atom. The van der Waals surface area contributed by atoms with Gasteiger partial charge in [0, 0.05) is 43.1 Å². The molecule has 2 atom stereocenters. The molecule has 1 saturated carbocycles. The highest BCUT2D eigenvalue weighted by molar-refractivity contribution is 7.89. The maximum Gasteiger partial charge on any atom is 0.243 e. The second kappa shape index (κ2) is 5.74. The highest BCUT2D eigenvalue weighted by atomic mass is 32.2. The fourth-order valence-corrected chi connectivity index (χ4v) is 6.44. The fraction of sp³-hybridized carbons (Fsp3) is 0.474. The van der Waals surface area contributed by atoms with Gasteiger partial charge in [-0.2, -0.15) is 4.31 Å². The van der Waals surface area contributed by atoms with E-state index in [1.807, 2.05) is 49.3 Å². The third-order valence-corrected chi connectivity index (χ3v) is 7.62. The molecule has 0 aromatic heterocycles. The molecule has 0 radical (unpaired) electrons. The summed E-state index contributed by atoms with van der Waals surface area (Å²) in [5, 5.41) is 1.82. The minimum atomic E-state index is -3.45. The zero-order chi connectivity index (χ0) is 16.9. The van der Waals surface area contributed by atoms with Gasteiger partial charge >= 0.3 is 0 Å². The van der Waals surface area contributed by atoms with E-state index in [1.165, 1.54) is 6.42 Å². The van der Waals surface area contributed by atoms with Gasteiger partial charge in [-0.15, -0.1) is 0 Å². The van der Waals surface area contributed by atoms with Gasteiger partial charge in [-0.3, -0.25) is 0 Å². The molecule has 1 aliphatic heterocycles. The summed E-state index contributed by atoms with van der Waals surface area (Å²) < 4.78 is 28.5. The van der Waals surface area contributed by atoms with E-state index in [-0.39, 0.29) is 6.04 Å². The van der Waals surface area contributed by atoms with Crippen LogP contribution in [-0.2, 0) is 10.0 Å². The number of nitrogens with zero attached hydrogens (tertiary/aromatic N) is 2. The summed E-state index contributed by atoms with van der Waals surface area (Å²) in [5.74, 6) is 0.562. The molecule has 128 valence electrons. The van der Waals surface area contributed by atoms with Gasteiger partial charge in [-0.25, -0.2) is 8.42 Å².